The van der Waals surface area contributed by atoms with Gasteiger partial charge in [-0.3, -0.25) is 4.79 Å². The molecular formula is C17H21F2N5O. The maximum absolute atomic E-state index is 13.5. The first-order valence-electron chi connectivity index (χ1n) is 8.02. The number of nitrogens with one attached hydrogen (secondary N) is 3. The first-order chi connectivity index (χ1) is 12.0. The number of nitrogens with zero attached hydrogens (tertiary/aromatic N) is 2. The molecule has 0 aliphatic heterocycles. The van der Waals surface area contributed by atoms with Crippen LogP contribution in [0.15, 0.2) is 24.3 Å². The maximum atomic E-state index is 13.5. The molecule has 1 aromatic carbocycles. The van der Waals surface area contributed by atoms with Gasteiger partial charge in [0.15, 0.2) is 0 Å². The van der Waals surface area contributed by atoms with Crippen LogP contribution in [0.2, 0.25) is 0 Å². The Morgan fingerprint density at radius 1 is 1.12 bits per heavy atom. The van der Waals surface area contributed by atoms with Gasteiger partial charge in [-0.15, -0.1) is 0 Å². The summed E-state index contributed by atoms with van der Waals surface area (Å²) in [5, 5.41) is 8.80. The summed E-state index contributed by atoms with van der Waals surface area (Å²) in [4.78, 5) is 20.4. The number of rotatable bonds is 8. The van der Waals surface area contributed by atoms with Crippen LogP contribution in [0, 0.1) is 18.6 Å². The van der Waals surface area contributed by atoms with Crippen LogP contribution in [-0.2, 0) is 11.2 Å². The highest BCUT2D eigenvalue weighted by atomic mass is 19.1. The number of amides is 1. The molecule has 134 valence electrons. The average Bonchev–Trinajstić information content (AvgIpc) is 2.54. The zero-order valence-corrected chi connectivity index (χ0v) is 14.2. The van der Waals surface area contributed by atoms with Gasteiger partial charge in [0, 0.05) is 37.5 Å². The first-order valence-corrected chi connectivity index (χ1v) is 8.02. The van der Waals surface area contributed by atoms with E-state index >= 15 is 0 Å². The van der Waals surface area contributed by atoms with Crippen LogP contribution >= 0.6 is 0 Å². The molecule has 0 unspecified atom stereocenters. The van der Waals surface area contributed by atoms with E-state index in [0.717, 1.165) is 30.2 Å². The van der Waals surface area contributed by atoms with Gasteiger partial charge in [-0.05, 0) is 25.5 Å². The first kappa shape index (κ1) is 18.6. The van der Waals surface area contributed by atoms with Crippen molar-refractivity contribution in [2.24, 2.45) is 0 Å². The Morgan fingerprint density at radius 3 is 2.64 bits per heavy atom. The largest absolute Gasteiger partial charge is 0.370 e. The number of carbonyl (C=O) groups is 1. The zero-order chi connectivity index (χ0) is 18.2. The summed E-state index contributed by atoms with van der Waals surface area (Å²) >= 11 is 0. The highest BCUT2D eigenvalue weighted by Crippen LogP contribution is 2.10. The predicted molar refractivity (Wildman–Crippen MR) is 92.5 cm³/mol. The number of benzene rings is 1. The van der Waals surface area contributed by atoms with Gasteiger partial charge in [-0.25, -0.2) is 13.8 Å². The molecule has 0 saturated heterocycles. The fourth-order valence-electron chi connectivity index (χ4n) is 2.20. The lowest BCUT2D eigenvalue weighted by Gasteiger charge is -2.10. The van der Waals surface area contributed by atoms with E-state index < -0.39 is 11.6 Å². The zero-order valence-electron chi connectivity index (χ0n) is 14.2. The summed E-state index contributed by atoms with van der Waals surface area (Å²) in [6.45, 7) is 5.35. The lowest BCUT2D eigenvalue weighted by Crippen LogP contribution is -2.30. The lowest BCUT2D eigenvalue weighted by molar-refractivity contribution is -0.120. The van der Waals surface area contributed by atoms with Crippen LogP contribution in [0.5, 0.6) is 0 Å². The van der Waals surface area contributed by atoms with Crippen molar-refractivity contribution >= 4 is 17.7 Å². The summed E-state index contributed by atoms with van der Waals surface area (Å²) in [5.74, 6) is -0.535. The second-order valence-corrected chi connectivity index (χ2v) is 5.44. The third kappa shape index (κ3) is 5.98. The molecule has 25 heavy (non-hydrogen) atoms. The molecule has 6 nitrogen and oxygen atoms in total. The predicted octanol–water partition coefficient (Wildman–Crippen LogP) is 2.27. The van der Waals surface area contributed by atoms with E-state index in [1.807, 2.05) is 19.9 Å². The Labute approximate surface area is 145 Å². The van der Waals surface area contributed by atoms with Crippen LogP contribution in [-0.4, -0.2) is 35.5 Å². The van der Waals surface area contributed by atoms with Crippen molar-refractivity contribution < 1.29 is 13.6 Å². The molecule has 0 spiro atoms. The van der Waals surface area contributed by atoms with E-state index in [0.29, 0.717) is 19.0 Å². The highest BCUT2D eigenvalue weighted by molar-refractivity contribution is 5.78. The van der Waals surface area contributed by atoms with Gasteiger partial charge >= 0.3 is 0 Å². The molecule has 0 aliphatic carbocycles. The monoisotopic (exact) mass is 349 g/mol. The highest BCUT2D eigenvalue weighted by Gasteiger charge is 2.09. The standard InChI is InChI=1S/C17H21F2N5O/c1-3-20-15-8-11(2)23-17(24-15)22-7-6-21-16(25)9-12-4-5-13(18)10-14(12)19/h4-5,8,10H,3,6-7,9H2,1-2H3,(H,21,25)(H2,20,22,23,24). The molecule has 0 bridgehead atoms. The average molecular weight is 349 g/mol. The van der Waals surface area contributed by atoms with Gasteiger partial charge in [0.25, 0.3) is 0 Å². The molecular weight excluding hydrogens is 328 g/mol. The molecule has 2 aromatic rings. The van der Waals surface area contributed by atoms with Crippen LogP contribution in [0.3, 0.4) is 0 Å². The summed E-state index contributed by atoms with van der Waals surface area (Å²) in [7, 11) is 0. The van der Waals surface area contributed by atoms with Gasteiger partial charge in [-0.1, -0.05) is 6.07 Å². The number of carbonyl (C=O) groups excluding carboxylic acids is 1. The number of hydrogen-bond donors (Lipinski definition) is 3. The van der Waals surface area contributed by atoms with E-state index in [-0.39, 0.29) is 17.9 Å². The molecule has 0 fully saturated rings. The number of hydrogen-bond acceptors (Lipinski definition) is 5. The molecule has 2 rings (SSSR count). The van der Waals surface area contributed by atoms with Crippen LogP contribution in [0.4, 0.5) is 20.5 Å². The molecule has 1 heterocycles. The fourth-order valence-corrected chi connectivity index (χ4v) is 2.20. The van der Waals surface area contributed by atoms with Crippen LogP contribution < -0.4 is 16.0 Å². The Hall–Kier alpha value is -2.77. The Bertz CT molecular complexity index is 739. The van der Waals surface area contributed by atoms with E-state index in [1.54, 1.807) is 0 Å². The van der Waals surface area contributed by atoms with Crippen molar-refractivity contribution in [1.29, 1.82) is 0 Å². The minimum Gasteiger partial charge on any atom is -0.370 e. The number of anilines is 2. The lowest BCUT2D eigenvalue weighted by atomic mass is 10.1. The summed E-state index contributed by atoms with van der Waals surface area (Å²) in [5.41, 5.74) is 0.980. The van der Waals surface area contributed by atoms with Crippen LogP contribution in [0.1, 0.15) is 18.2 Å². The van der Waals surface area contributed by atoms with Crippen LogP contribution in [0.25, 0.3) is 0 Å². The van der Waals surface area contributed by atoms with Crippen molar-refractivity contribution in [3.8, 4) is 0 Å². The van der Waals surface area contributed by atoms with E-state index in [2.05, 4.69) is 25.9 Å². The van der Waals surface area contributed by atoms with Gasteiger partial charge < -0.3 is 16.0 Å². The number of halogens is 2. The van der Waals surface area contributed by atoms with E-state index in [9.17, 15) is 13.6 Å². The van der Waals surface area contributed by atoms with Gasteiger partial charge in [0.2, 0.25) is 11.9 Å². The molecule has 0 aliphatic rings. The Kier molecular flexibility index (Phi) is 6.62. The summed E-state index contributed by atoms with van der Waals surface area (Å²) in [6, 6.07) is 5.00. The Balaban J connectivity index is 1.78. The third-order valence-corrected chi connectivity index (χ3v) is 3.31. The topological polar surface area (TPSA) is 78.9 Å². The molecule has 8 heteroatoms. The summed E-state index contributed by atoms with van der Waals surface area (Å²) in [6.07, 6.45) is -0.141. The maximum Gasteiger partial charge on any atom is 0.224 e. The summed E-state index contributed by atoms with van der Waals surface area (Å²) < 4.78 is 26.3. The van der Waals surface area contributed by atoms with Crippen molar-refractivity contribution in [3.63, 3.8) is 0 Å². The van der Waals surface area contributed by atoms with E-state index in [4.69, 9.17) is 0 Å². The second kappa shape index (κ2) is 8.91. The van der Waals surface area contributed by atoms with Gasteiger partial charge in [0.05, 0.1) is 6.42 Å². The van der Waals surface area contributed by atoms with Gasteiger partial charge in [-0.2, -0.15) is 4.98 Å². The fraction of sp³-hybridized carbons (Fsp3) is 0.353. The van der Waals surface area contributed by atoms with E-state index in [1.165, 1.54) is 6.07 Å². The molecule has 1 amide bonds. The normalized spacial score (nSPS) is 10.4. The SMILES string of the molecule is CCNc1cc(C)nc(NCCNC(=O)Cc2ccc(F)cc2F)n1. The van der Waals surface area contributed by atoms with Crippen molar-refractivity contribution in [3.05, 3.63) is 47.2 Å². The van der Waals surface area contributed by atoms with Gasteiger partial charge in [0.1, 0.15) is 17.5 Å². The molecule has 0 radical (unpaired) electrons. The smallest absolute Gasteiger partial charge is 0.224 e. The minimum atomic E-state index is -0.725. The Morgan fingerprint density at radius 2 is 1.92 bits per heavy atom. The minimum absolute atomic E-state index is 0.141. The molecule has 1 aromatic heterocycles. The van der Waals surface area contributed by atoms with Crippen molar-refractivity contribution in [2.75, 3.05) is 30.3 Å². The number of aryl methyl sites for hydroxylation is 1. The second-order valence-electron chi connectivity index (χ2n) is 5.44. The van der Waals surface area contributed by atoms with Crippen molar-refractivity contribution in [1.82, 2.24) is 15.3 Å². The van der Waals surface area contributed by atoms with Crippen molar-refractivity contribution in [2.45, 2.75) is 20.3 Å². The number of aromatic nitrogens is 2. The molecule has 0 atom stereocenters. The quantitative estimate of drug-likeness (QED) is 0.637. The third-order valence-electron chi connectivity index (χ3n) is 3.31. The molecule has 0 saturated carbocycles. The molecule has 3 N–H and O–H groups in total.